The summed E-state index contributed by atoms with van der Waals surface area (Å²) in [4.78, 5) is 33.4. The van der Waals surface area contributed by atoms with E-state index in [1.807, 2.05) is 30.3 Å². The van der Waals surface area contributed by atoms with E-state index >= 15 is 0 Å². The number of hydrogen-bond acceptors (Lipinski definition) is 6. The minimum atomic E-state index is -1.02. The van der Waals surface area contributed by atoms with Crippen LogP contribution in [0.4, 0.5) is 15.8 Å². The number of amides is 1. The van der Waals surface area contributed by atoms with Crippen molar-refractivity contribution in [2.75, 3.05) is 18.5 Å². The maximum Gasteiger partial charge on any atom is 0.344 e. The van der Waals surface area contributed by atoms with Gasteiger partial charge in [0.05, 0.1) is 4.92 Å². The second-order valence-corrected chi connectivity index (χ2v) is 5.93. The Kier molecular flexibility index (Phi) is 5.98. The van der Waals surface area contributed by atoms with Crippen molar-refractivity contribution >= 4 is 34.0 Å². The van der Waals surface area contributed by atoms with Crippen molar-refractivity contribution in [3.05, 3.63) is 76.6 Å². The predicted octanol–water partition coefficient (Wildman–Crippen LogP) is 3.45. The molecule has 8 nitrogen and oxygen atoms in total. The number of hydrogen-bond donors (Lipinski definition) is 1. The van der Waals surface area contributed by atoms with Gasteiger partial charge in [-0.1, -0.05) is 30.3 Å². The van der Waals surface area contributed by atoms with Crippen molar-refractivity contribution < 1.29 is 28.4 Å². The number of nitro groups is 1. The summed E-state index contributed by atoms with van der Waals surface area (Å²) < 4.78 is 23.4. The molecule has 0 bridgehead atoms. The van der Waals surface area contributed by atoms with Gasteiger partial charge in [0.15, 0.2) is 13.2 Å². The Hall–Kier alpha value is -4.01. The molecule has 3 rings (SSSR count). The number of carbonyl (C=O) groups excluding carboxylic acids is 2. The van der Waals surface area contributed by atoms with Gasteiger partial charge in [-0.05, 0) is 35.0 Å². The Balaban J connectivity index is 1.48. The highest BCUT2D eigenvalue weighted by molar-refractivity contribution is 5.93. The van der Waals surface area contributed by atoms with Crippen LogP contribution >= 0.6 is 0 Å². The van der Waals surface area contributed by atoms with Crippen LogP contribution in [0.3, 0.4) is 0 Å². The first kappa shape index (κ1) is 19.7. The van der Waals surface area contributed by atoms with Gasteiger partial charge in [-0.15, -0.1) is 0 Å². The summed E-state index contributed by atoms with van der Waals surface area (Å²) in [6.07, 6.45) is 0. The normalized spacial score (nSPS) is 10.4. The van der Waals surface area contributed by atoms with E-state index in [-0.39, 0.29) is 5.69 Å². The number of nitro benzene ring substituents is 1. The number of anilines is 1. The average molecular weight is 398 g/mol. The second-order valence-electron chi connectivity index (χ2n) is 5.93. The number of halogens is 1. The molecule has 148 valence electrons. The smallest absolute Gasteiger partial charge is 0.344 e. The summed E-state index contributed by atoms with van der Waals surface area (Å²) in [5, 5.41) is 15.0. The highest BCUT2D eigenvalue weighted by atomic mass is 19.1. The standard InChI is InChI=1S/C20H15FN2O6/c21-17-8-6-15(10-18(17)23(26)27)22-19(24)11-29-20(25)12-28-16-7-5-13-3-1-2-4-14(13)9-16/h1-10H,11-12H2,(H,22,24). The molecule has 0 aromatic heterocycles. The number of nitrogens with zero attached hydrogens (tertiary/aromatic N) is 1. The predicted molar refractivity (Wildman–Crippen MR) is 102 cm³/mol. The fourth-order valence-corrected chi connectivity index (χ4v) is 2.51. The molecule has 9 heteroatoms. The summed E-state index contributed by atoms with van der Waals surface area (Å²) in [6, 6.07) is 15.9. The van der Waals surface area contributed by atoms with Crippen LogP contribution in [0, 0.1) is 15.9 Å². The molecule has 0 aliphatic carbocycles. The molecule has 0 aliphatic heterocycles. The first-order valence-corrected chi connectivity index (χ1v) is 8.43. The summed E-state index contributed by atoms with van der Waals surface area (Å²) >= 11 is 0. The fraction of sp³-hybridized carbons (Fsp3) is 0.100. The molecule has 0 unspecified atom stereocenters. The third kappa shape index (κ3) is 5.25. The van der Waals surface area contributed by atoms with Crippen molar-refractivity contribution in [2.45, 2.75) is 0 Å². The number of nitrogens with one attached hydrogen (secondary N) is 1. The number of carbonyl (C=O) groups is 2. The molecular weight excluding hydrogens is 383 g/mol. The summed E-state index contributed by atoms with van der Waals surface area (Å²) in [7, 11) is 0. The average Bonchev–Trinajstić information content (AvgIpc) is 2.71. The highest BCUT2D eigenvalue weighted by Gasteiger charge is 2.16. The van der Waals surface area contributed by atoms with Crippen LogP contribution in [0.25, 0.3) is 10.8 Å². The topological polar surface area (TPSA) is 108 Å². The molecule has 29 heavy (non-hydrogen) atoms. The first-order valence-electron chi connectivity index (χ1n) is 8.43. The first-order chi connectivity index (χ1) is 13.9. The Morgan fingerprint density at radius 2 is 1.76 bits per heavy atom. The zero-order valence-electron chi connectivity index (χ0n) is 15.0. The molecule has 0 radical (unpaired) electrons. The largest absolute Gasteiger partial charge is 0.482 e. The van der Waals surface area contributed by atoms with Crippen LogP contribution in [-0.2, 0) is 14.3 Å². The molecule has 3 aromatic carbocycles. The molecule has 0 saturated carbocycles. The van der Waals surface area contributed by atoms with Gasteiger partial charge >= 0.3 is 11.7 Å². The molecule has 0 saturated heterocycles. The lowest BCUT2D eigenvalue weighted by molar-refractivity contribution is -0.387. The van der Waals surface area contributed by atoms with E-state index in [9.17, 15) is 24.1 Å². The molecular formula is C20H15FN2O6. The van der Waals surface area contributed by atoms with Gasteiger partial charge in [-0.2, -0.15) is 4.39 Å². The summed E-state index contributed by atoms with van der Waals surface area (Å²) in [5.74, 6) is -2.04. The van der Waals surface area contributed by atoms with Gasteiger partial charge in [-0.25, -0.2) is 4.79 Å². The molecule has 0 heterocycles. The van der Waals surface area contributed by atoms with Gasteiger partial charge in [0, 0.05) is 11.8 Å². The lowest BCUT2D eigenvalue weighted by Gasteiger charge is -2.08. The maximum absolute atomic E-state index is 13.3. The van der Waals surface area contributed by atoms with Gasteiger partial charge < -0.3 is 14.8 Å². The zero-order chi connectivity index (χ0) is 20.8. The SMILES string of the molecule is O=C(COC(=O)COc1ccc2ccccc2c1)Nc1ccc(F)c([N+](=O)[O-])c1. The van der Waals surface area contributed by atoms with E-state index < -0.39 is 41.5 Å². The molecule has 0 atom stereocenters. The summed E-state index contributed by atoms with van der Waals surface area (Å²) in [5.41, 5.74) is -0.768. The number of benzene rings is 3. The Labute approximate surface area is 164 Å². The highest BCUT2D eigenvalue weighted by Crippen LogP contribution is 2.22. The number of esters is 1. The number of fused-ring (bicyclic) bond motifs is 1. The lowest BCUT2D eigenvalue weighted by Crippen LogP contribution is -2.23. The van der Waals surface area contributed by atoms with E-state index in [1.54, 1.807) is 12.1 Å². The summed E-state index contributed by atoms with van der Waals surface area (Å²) in [6.45, 7) is -1.02. The van der Waals surface area contributed by atoms with Gasteiger partial charge in [0.1, 0.15) is 5.75 Å². The molecule has 1 N–H and O–H groups in total. The van der Waals surface area contributed by atoms with Crippen LogP contribution in [-0.4, -0.2) is 30.0 Å². The van der Waals surface area contributed by atoms with E-state index in [1.165, 1.54) is 0 Å². The minimum Gasteiger partial charge on any atom is -0.482 e. The number of ether oxygens (including phenoxy) is 2. The molecule has 3 aromatic rings. The van der Waals surface area contributed by atoms with Crippen LogP contribution in [0.15, 0.2) is 60.7 Å². The molecule has 0 fully saturated rings. The monoisotopic (exact) mass is 398 g/mol. The lowest BCUT2D eigenvalue weighted by atomic mass is 10.1. The van der Waals surface area contributed by atoms with E-state index in [4.69, 9.17) is 9.47 Å². The zero-order valence-corrected chi connectivity index (χ0v) is 15.0. The third-order valence-corrected chi connectivity index (χ3v) is 3.87. The quantitative estimate of drug-likeness (QED) is 0.371. The van der Waals surface area contributed by atoms with Crippen LogP contribution in [0.2, 0.25) is 0 Å². The van der Waals surface area contributed by atoms with Gasteiger partial charge in [0.2, 0.25) is 5.82 Å². The van der Waals surface area contributed by atoms with E-state index in [0.29, 0.717) is 5.75 Å². The van der Waals surface area contributed by atoms with Gasteiger partial charge in [-0.3, -0.25) is 14.9 Å². The molecule has 0 spiro atoms. The van der Waals surface area contributed by atoms with Crippen LogP contribution < -0.4 is 10.1 Å². The van der Waals surface area contributed by atoms with Gasteiger partial charge in [0.25, 0.3) is 5.91 Å². The van der Waals surface area contributed by atoms with E-state index in [0.717, 1.165) is 29.0 Å². The van der Waals surface area contributed by atoms with E-state index in [2.05, 4.69) is 5.32 Å². The van der Waals surface area contributed by atoms with Crippen LogP contribution in [0.1, 0.15) is 0 Å². The van der Waals surface area contributed by atoms with Crippen molar-refractivity contribution in [3.63, 3.8) is 0 Å². The second kappa shape index (κ2) is 8.79. The van der Waals surface area contributed by atoms with Crippen LogP contribution in [0.5, 0.6) is 5.75 Å². The minimum absolute atomic E-state index is 0.00608. The van der Waals surface area contributed by atoms with Crippen molar-refractivity contribution in [3.8, 4) is 5.75 Å². The molecule has 0 aliphatic rings. The Bertz CT molecular complexity index is 1090. The van der Waals surface area contributed by atoms with Crippen molar-refractivity contribution in [1.82, 2.24) is 0 Å². The van der Waals surface area contributed by atoms with Crippen molar-refractivity contribution in [1.29, 1.82) is 0 Å². The Morgan fingerprint density at radius 1 is 1.00 bits per heavy atom. The van der Waals surface area contributed by atoms with Crippen molar-refractivity contribution in [2.24, 2.45) is 0 Å². The third-order valence-electron chi connectivity index (χ3n) is 3.87. The maximum atomic E-state index is 13.3. The number of rotatable bonds is 7. The fourth-order valence-electron chi connectivity index (χ4n) is 2.51. The molecule has 1 amide bonds. The Morgan fingerprint density at radius 3 is 2.52 bits per heavy atom.